The summed E-state index contributed by atoms with van der Waals surface area (Å²) in [5, 5.41) is 0. The Bertz CT molecular complexity index is 459. The van der Waals surface area contributed by atoms with Crippen molar-refractivity contribution >= 4 is 0 Å². The van der Waals surface area contributed by atoms with Crippen molar-refractivity contribution in [3.05, 3.63) is 29.3 Å². The molecule has 3 heteroatoms. The van der Waals surface area contributed by atoms with Crippen molar-refractivity contribution < 1.29 is 13.5 Å². The van der Waals surface area contributed by atoms with Crippen LogP contribution in [0.3, 0.4) is 0 Å². The number of hydrogen-bond donors (Lipinski definition) is 0. The van der Waals surface area contributed by atoms with Crippen LogP contribution in [-0.4, -0.2) is 7.11 Å². The van der Waals surface area contributed by atoms with Gasteiger partial charge in [-0.3, -0.25) is 0 Å². The van der Waals surface area contributed by atoms with Crippen molar-refractivity contribution in [1.29, 1.82) is 0 Å². The van der Waals surface area contributed by atoms with Gasteiger partial charge in [0.1, 0.15) is 0 Å². The monoisotopic (exact) mass is 282 g/mol. The van der Waals surface area contributed by atoms with Crippen molar-refractivity contribution in [1.82, 2.24) is 0 Å². The Kier molecular flexibility index (Phi) is 5.00. The molecule has 1 nitrogen and oxygen atoms in total. The van der Waals surface area contributed by atoms with Gasteiger partial charge in [0.2, 0.25) is 5.82 Å². The maximum atomic E-state index is 14.2. The second kappa shape index (κ2) is 6.55. The Hall–Kier alpha value is -1.12. The first-order valence-corrected chi connectivity index (χ1v) is 7.60. The molecular formula is C17H24F2O. The Labute approximate surface area is 120 Å². The molecule has 3 atom stereocenters. The number of halogens is 2. The van der Waals surface area contributed by atoms with Gasteiger partial charge in [0, 0.05) is 0 Å². The van der Waals surface area contributed by atoms with Crippen LogP contribution in [-0.2, 0) is 0 Å². The molecule has 1 saturated carbocycles. The van der Waals surface area contributed by atoms with Gasteiger partial charge >= 0.3 is 0 Å². The number of benzene rings is 1. The van der Waals surface area contributed by atoms with Crippen LogP contribution in [0, 0.1) is 23.5 Å². The Balaban J connectivity index is 2.21. The summed E-state index contributed by atoms with van der Waals surface area (Å²) < 4.78 is 32.9. The van der Waals surface area contributed by atoms with Gasteiger partial charge in [-0.05, 0) is 48.6 Å². The van der Waals surface area contributed by atoms with E-state index < -0.39 is 11.6 Å². The van der Waals surface area contributed by atoms with Gasteiger partial charge < -0.3 is 4.74 Å². The molecule has 0 aliphatic heterocycles. The number of rotatable bonds is 4. The summed E-state index contributed by atoms with van der Waals surface area (Å²) in [7, 11) is 1.36. The van der Waals surface area contributed by atoms with Crippen LogP contribution in [0.1, 0.15) is 57.4 Å². The zero-order chi connectivity index (χ0) is 14.7. The molecular weight excluding hydrogens is 258 g/mol. The van der Waals surface area contributed by atoms with Gasteiger partial charge in [0.05, 0.1) is 7.11 Å². The van der Waals surface area contributed by atoms with E-state index in [0.717, 1.165) is 25.7 Å². The van der Waals surface area contributed by atoms with Gasteiger partial charge in [-0.2, -0.15) is 4.39 Å². The largest absolute Gasteiger partial charge is 0.494 e. The van der Waals surface area contributed by atoms with E-state index in [2.05, 4.69) is 13.8 Å². The molecule has 112 valence electrons. The lowest BCUT2D eigenvalue weighted by Gasteiger charge is -2.34. The average Bonchev–Trinajstić information content (AvgIpc) is 2.45. The Morgan fingerprint density at radius 3 is 2.60 bits per heavy atom. The SMILES string of the molecule is CCCC1CC(c2ccc(OC)c(F)c2F)CCC1C. The predicted molar refractivity (Wildman–Crippen MR) is 77.1 cm³/mol. The van der Waals surface area contributed by atoms with E-state index in [1.165, 1.54) is 13.5 Å². The molecule has 20 heavy (non-hydrogen) atoms. The molecule has 1 aliphatic carbocycles. The minimum atomic E-state index is -0.851. The molecule has 0 radical (unpaired) electrons. The standard InChI is InChI=1S/C17H24F2O/c1-4-5-12-10-13(7-6-11(12)2)14-8-9-15(20-3)17(19)16(14)18/h8-9,11-13H,4-7,10H2,1-3H3. The van der Waals surface area contributed by atoms with Crippen molar-refractivity contribution in [3.63, 3.8) is 0 Å². The van der Waals surface area contributed by atoms with Crippen LogP contribution >= 0.6 is 0 Å². The van der Waals surface area contributed by atoms with Crippen LogP contribution in [0.25, 0.3) is 0 Å². The second-order valence-electron chi connectivity index (χ2n) is 6.02. The van der Waals surface area contributed by atoms with E-state index in [-0.39, 0.29) is 11.7 Å². The molecule has 0 saturated heterocycles. The first-order valence-electron chi connectivity index (χ1n) is 7.60. The summed E-state index contributed by atoms with van der Waals surface area (Å²) in [6.07, 6.45) is 5.35. The van der Waals surface area contributed by atoms with E-state index >= 15 is 0 Å². The molecule has 0 N–H and O–H groups in total. The molecule has 1 aromatic rings. The molecule has 0 amide bonds. The lowest BCUT2D eigenvalue weighted by Crippen LogP contribution is -2.22. The van der Waals surface area contributed by atoms with Gasteiger partial charge in [0.15, 0.2) is 11.6 Å². The highest BCUT2D eigenvalue weighted by atomic mass is 19.2. The van der Waals surface area contributed by atoms with Gasteiger partial charge in [-0.15, -0.1) is 0 Å². The molecule has 1 aromatic carbocycles. The zero-order valence-electron chi connectivity index (χ0n) is 12.6. The maximum Gasteiger partial charge on any atom is 0.200 e. The third-order valence-electron chi connectivity index (χ3n) is 4.76. The van der Waals surface area contributed by atoms with Crippen LogP contribution in [0.15, 0.2) is 12.1 Å². The number of ether oxygens (including phenoxy) is 1. The number of methoxy groups -OCH3 is 1. The van der Waals surface area contributed by atoms with E-state index in [9.17, 15) is 8.78 Å². The third kappa shape index (κ3) is 2.97. The Morgan fingerprint density at radius 1 is 1.20 bits per heavy atom. The molecule has 1 fully saturated rings. The quantitative estimate of drug-likeness (QED) is 0.728. The first kappa shape index (κ1) is 15.3. The maximum absolute atomic E-state index is 14.2. The lowest BCUT2D eigenvalue weighted by molar-refractivity contribution is 0.215. The minimum absolute atomic E-state index is 0.0134. The molecule has 3 unspecified atom stereocenters. The zero-order valence-corrected chi connectivity index (χ0v) is 12.6. The average molecular weight is 282 g/mol. The highest BCUT2D eigenvalue weighted by Gasteiger charge is 2.30. The van der Waals surface area contributed by atoms with Gasteiger partial charge in [-0.25, -0.2) is 4.39 Å². The van der Waals surface area contributed by atoms with Crippen molar-refractivity contribution in [2.75, 3.05) is 7.11 Å². The third-order valence-corrected chi connectivity index (χ3v) is 4.76. The molecule has 0 spiro atoms. The summed E-state index contributed by atoms with van der Waals surface area (Å²) in [6, 6.07) is 3.24. The van der Waals surface area contributed by atoms with Crippen LogP contribution in [0.4, 0.5) is 8.78 Å². The molecule has 0 aromatic heterocycles. The fraction of sp³-hybridized carbons (Fsp3) is 0.647. The van der Waals surface area contributed by atoms with Crippen molar-refractivity contribution in [2.24, 2.45) is 11.8 Å². The van der Waals surface area contributed by atoms with E-state index in [0.29, 0.717) is 17.4 Å². The smallest absolute Gasteiger partial charge is 0.200 e. The van der Waals surface area contributed by atoms with Crippen LogP contribution in [0.5, 0.6) is 5.75 Å². The summed E-state index contributed by atoms with van der Waals surface area (Å²) in [5.74, 6) is -0.126. The molecule has 0 bridgehead atoms. The van der Waals surface area contributed by atoms with Gasteiger partial charge in [-0.1, -0.05) is 32.8 Å². The summed E-state index contributed by atoms with van der Waals surface area (Å²) in [6.45, 7) is 4.46. The molecule has 1 aliphatic rings. The second-order valence-corrected chi connectivity index (χ2v) is 6.02. The summed E-state index contributed by atoms with van der Waals surface area (Å²) >= 11 is 0. The van der Waals surface area contributed by atoms with E-state index in [4.69, 9.17) is 4.74 Å². The highest BCUT2D eigenvalue weighted by molar-refractivity contribution is 5.33. The van der Waals surface area contributed by atoms with Crippen LogP contribution < -0.4 is 4.74 Å². The predicted octanol–water partition coefficient (Wildman–Crippen LogP) is 5.29. The fourth-order valence-corrected chi connectivity index (χ4v) is 3.49. The summed E-state index contributed by atoms with van der Waals surface area (Å²) in [4.78, 5) is 0. The minimum Gasteiger partial charge on any atom is -0.494 e. The summed E-state index contributed by atoms with van der Waals surface area (Å²) in [5.41, 5.74) is 0.524. The Morgan fingerprint density at radius 2 is 1.95 bits per heavy atom. The lowest BCUT2D eigenvalue weighted by atomic mass is 9.71. The highest BCUT2D eigenvalue weighted by Crippen LogP contribution is 2.42. The van der Waals surface area contributed by atoms with Crippen LogP contribution in [0.2, 0.25) is 0 Å². The van der Waals surface area contributed by atoms with Gasteiger partial charge in [0.25, 0.3) is 0 Å². The van der Waals surface area contributed by atoms with Crippen molar-refractivity contribution in [3.8, 4) is 5.75 Å². The van der Waals surface area contributed by atoms with Crippen molar-refractivity contribution in [2.45, 2.75) is 51.9 Å². The van der Waals surface area contributed by atoms with E-state index in [1.54, 1.807) is 12.1 Å². The molecule has 2 rings (SSSR count). The fourth-order valence-electron chi connectivity index (χ4n) is 3.49. The molecule has 0 heterocycles. The topological polar surface area (TPSA) is 9.23 Å². The first-order chi connectivity index (χ1) is 9.58. The van der Waals surface area contributed by atoms with E-state index in [1.807, 2.05) is 0 Å². The normalized spacial score (nSPS) is 26.6. The number of hydrogen-bond acceptors (Lipinski definition) is 1.